The molecule has 22 heavy (non-hydrogen) atoms. The van der Waals surface area contributed by atoms with Crippen LogP contribution in [0.3, 0.4) is 0 Å². The average Bonchev–Trinajstić information content (AvgIpc) is 3.04. The molecular weight excluding hydrogens is 306 g/mol. The minimum Gasteiger partial charge on any atom is -0.444 e. The lowest BCUT2D eigenvalue weighted by Crippen LogP contribution is -2.34. The van der Waals surface area contributed by atoms with Crippen molar-refractivity contribution in [3.63, 3.8) is 0 Å². The van der Waals surface area contributed by atoms with Crippen LogP contribution in [0.5, 0.6) is 0 Å². The van der Waals surface area contributed by atoms with Gasteiger partial charge in [0.2, 0.25) is 5.13 Å². The SMILES string of the molecule is C[C@H](NC(=O)OC(C)(C)C)c1ncnn1-c1ncc(C=O)s1. The van der Waals surface area contributed by atoms with Crippen LogP contribution in [0.15, 0.2) is 12.5 Å². The number of hydrogen-bond donors (Lipinski definition) is 1. The zero-order valence-corrected chi connectivity index (χ0v) is 13.5. The largest absolute Gasteiger partial charge is 0.444 e. The van der Waals surface area contributed by atoms with E-state index in [0.717, 1.165) is 6.29 Å². The van der Waals surface area contributed by atoms with Crippen molar-refractivity contribution in [2.24, 2.45) is 0 Å². The normalized spacial score (nSPS) is 12.7. The summed E-state index contributed by atoms with van der Waals surface area (Å²) in [5, 5.41) is 7.28. The summed E-state index contributed by atoms with van der Waals surface area (Å²) in [5.74, 6) is 0.498. The molecule has 0 aromatic carbocycles. The monoisotopic (exact) mass is 323 g/mol. The highest BCUT2D eigenvalue weighted by atomic mass is 32.1. The molecule has 2 rings (SSSR count). The van der Waals surface area contributed by atoms with E-state index in [-0.39, 0.29) is 0 Å². The highest BCUT2D eigenvalue weighted by Gasteiger charge is 2.22. The van der Waals surface area contributed by atoms with Gasteiger partial charge in [-0.3, -0.25) is 4.79 Å². The number of aldehydes is 1. The third-order valence-electron chi connectivity index (χ3n) is 2.50. The minimum absolute atomic E-state index is 0.430. The van der Waals surface area contributed by atoms with Gasteiger partial charge in [-0.2, -0.15) is 9.78 Å². The molecule has 8 nitrogen and oxygen atoms in total. The fraction of sp³-hybridized carbons (Fsp3) is 0.462. The number of amides is 1. The van der Waals surface area contributed by atoms with Gasteiger partial charge in [-0.15, -0.1) is 0 Å². The molecule has 2 aromatic rings. The Labute approximate surface area is 131 Å². The Kier molecular flexibility index (Phi) is 4.55. The van der Waals surface area contributed by atoms with Crippen molar-refractivity contribution in [3.8, 4) is 5.13 Å². The Morgan fingerprint density at radius 1 is 1.45 bits per heavy atom. The summed E-state index contributed by atoms with van der Waals surface area (Å²) >= 11 is 1.19. The Morgan fingerprint density at radius 2 is 2.18 bits per heavy atom. The number of carbonyl (C=O) groups excluding carboxylic acids is 2. The van der Waals surface area contributed by atoms with Gasteiger partial charge in [-0.05, 0) is 27.7 Å². The Hall–Kier alpha value is -2.29. The fourth-order valence-corrected chi connectivity index (χ4v) is 2.37. The van der Waals surface area contributed by atoms with Crippen LogP contribution < -0.4 is 5.32 Å². The summed E-state index contributed by atoms with van der Waals surface area (Å²) in [6.45, 7) is 7.13. The maximum atomic E-state index is 11.8. The molecule has 0 aliphatic rings. The average molecular weight is 323 g/mol. The number of thiazole rings is 1. The first-order chi connectivity index (χ1) is 10.3. The second-order valence-electron chi connectivity index (χ2n) is 5.56. The van der Waals surface area contributed by atoms with Crippen LogP contribution in [0.1, 0.15) is 49.2 Å². The molecule has 0 bridgehead atoms. The topological polar surface area (TPSA) is 99.0 Å². The molecule has 0 saturated carbocycles. The number of nitrogens with one attached hydrogen (secondary N) is 1. The van der Waals surface area contributed by atoms with E-state index in [1.54, 1.807) is 27.7 Å². The van der Waals surface area contributed by atoms with Crippen molar-refractivity contribution in [2.45, 2.75) is 39.3 Å². The Balaban J connectivity index is 2.14. The van der Waals surface area contributed by atoms with Gasteiger partial charge in [0.1, 0.15) is 11.9 Å². The molecule has 118 valence electrons. The summed E-state index contributed by atoms with van der Waals surface area (Å²) in [6, 6.07) is -0.430. The van der Waals surface area contributed by atoms with Crippen molar-refractivity contribution in [1.29, 1.82) is 0 Å². The lowest BCUT2D eigenvalue weighted by atomic mass is 10.2. The van der Waals surface area contributed by atoms with Gasteiger partial charge in [0.05, 0.1) is 17.1 Å². The number of carbonyl (C=O) groups is 2. The summed E-state index contributed by atoms with van der Waals surface area (Å²) in [7, 11) is 0. The third kappa shape index (κ3) is 3.88. The molecule has 1 atom stereocenters. The van der Waals surface area contributed by atoms with Crippen LogP contribution in [0.2, 0.25) is 0 Å². The van der Waals surface area contributed by atoms with Gasteiger partial charge in [0.15, 0.2) is 12.1 Å². The molecular formula is C13H17N5O3S. The van der Waals surface area contributed by atoms with Crippen molar-refractivity contribution >= 4 is 23.7 Å². The van der Waals surface area contributed by atoms with E-state index in [1.807, 2.05) is 0 Å². The summed E-state index contributed by atoms with van der Waals surface area (Å²) < 4.78 is 6.69. The van der Waals surface area contributed by atoms with Gasteiger partial charge in [-0.1, -0.05) is 11.3 Å². The van der Waals surface area contributed by atoms with Gasteiger partial charge in [0, 0.05) is 0 Å². The second-order valence-corrected chi connectivity index (χ2v) is 6.60. The zero-order valence-electron chi connectivity index (χ0n) is 12.7. The molecule has 1 N–H and O–H groups in total. The van der Waals surface area contributed by atoms with Crippen LogP contribution in [0.4, 0.5) is 4.79 Å². The summed E-state index contributed by atoms with van der Waals surface area (Å²) in [6.07, 6.45) is 3.01. The molecule has 0 unspecified atom stereocenters. The smallest absolute Gasteiger partial charge is 0.408 e. The zero-order chi connectivity index (χ0) is 16.3. The number of hydrogen-bond acceptors (Lipinski definition) is 7. The molecule has 0 saturated heterocycles. The summed E-state index contributed by atoms with van der Waals surface area (Å²) in [4.78, 5) is 31.3. The van der Waals surface area contributed by atoms with E-state index in [2.05, 4.69) is 20.4 Å². The first kappa shape index (κ1) is 16.1. The van der Waals surface area contributed by atoms with Gasteiger partial charge >= 0.3 is 6.09 Å². The lowest BCUT2D eigenvalue weighted by molar-refractivity contribution is 0.0505. The molecule has 0 aliphatic carbocycles. The van der Waals surface area contributed by atoms with Crippen LogP contribution in [-0.4, -0.2) is 37.7 Å². The van der Waals surface area contributed by atoms with Crippen LogP contribution in [-0.2, 0) is 4.74 Å². The maximum absolute atomic E-state index is 11.8. The van der Waals surface area contributed by atoms with E-state index in [1.165, 1.54) is 28.5 Å². The van der Waals surface area contributed by atoms with Crippen molar-refractivity contribution < 1.29 is 14.3 Å². The van der Waals surface area contributed by atoms with Crippen molar-refractivity contribution in [3.05, 3.63) is 23.2 Å². The third-order valence-corrected chi connectivity index (χ3v) is 3.40. The molecule has 2 aromatic heterocycles. The van der Waals surface area contributed by atoms with Crippen LogP contribution in [0, 0.1) is 0 Å². The molecule has 0 fully saturated rings. The number of alkyl carbamates (subject to hydrolysis) is 1. The van der Waals surface area contributed by atoms with E-state index in [0.29, 0.717) is 15.8 Å². The quantitative estimate of drug-likeness (QED) is 0.865. The van der Waals surface area contributed by atoms with Gasteiger partial charge < -0.3 is 10.1 Å². The first-order valence-corrected chi connectivity index (χ1v) is 7.42. The van der Waals surface area contributed by atoms with E-state index < -0.39 is 17.7 Å². The fourth-order valence-electron chi connectivity index (χ4n) is 1.67. The predicted molar refractivity (Wildman–Crippen MR) is 80.2 cm³/mol. The van der Waals surface area contributed by atoms with Crippen LogP contribution in [0.25, 0.3) is 5.13 Å². The summed E-state index contributed by atoms with van der Waals surface area (Å²) in [5.41, 5.74) is -0.578. The number of aromatic nitrogens is 4. The lowest BCUT2D eigenvalue weighted by Gasteiger charge is -2.21. The highest BCUT2D eigenvalue weighted by molar-refractivity contribution is 7.15. The van der Waals surface area contributed by atoms with Crippen molar-refractivity contribution in [1.82, 2.24) is 25.1 Å². The first-order valence-electron chi connectivity index (χ1n) is 6.61. The van der Waals surface area contributed by atoms with Crippen molar-refractivity contribution in [2.75, 3.05) is 0 Å². The Morgan fingerprint density at radius 3 is 2.77 bits per heavy atom. The van der Waals surface area contributed by atoms with Gasteiger partial charge in [0.25, 0.3) is 0 Å². The molecule has 9 heteroatoms. The molecule has 0 spiro atoms. The number of nitrogens with zero attached hydrogens (tertiary/aromatic N) is 4. The predicted octanol–water partition coefficient (Wildman–Crippen LogP) is 2.12. The van der Waals surface area contributed by atoms with Crippen LogP contribution >= 0.6 is 11.3 Å². The standard InChI is InChI=1S/C13H17N5O3S/c1-8(17-12(20)21-13(2,3)4)10-15-7-16-18(10)11-14-5-9(6-19)22-11/h5-8H,1-4H3,(H,17,20)/t8-/m0/s1. The van der Waals surface area contributed by atoms with E-state index in [4.69, 9.17) is 4.74 Å². The highest BCUT2D eigenvalue weighted by Crippen LogP contribution is 2.19. The molecule has 0 radical (unpaired) electrons. The van der Waals surface area contributed by atoms with E-state index >= 15 is 0 Å². The second kappa shape index (κ2) is 6.22. The van der Waals surface area contributed by atoms with Gasteiger partial charge in [-0.25, -0.2) is 14.8 Å². The number of ether oxygens (including phenoxy) is 1. The maximum Gasteiger partial charge on any atom is 0.408 e. The molecule has 1 amide bonds. The Bertz CT molecular complexity index is 673. The minimum atomic E-state index is -0.578. The molecule has 0 aliphatic heterocycles. The van der Waals surface area contributed by atoms with E-state index in [9.17, 15) is 9.59 Å². The molecule has 2 heterocycles. The number of rotatable bonds is 4.